The molecule has 1 heterocycles. The second-order valence-electron chi connectivity index (χ2n) is 6.86. The van der Waals surface area contributed by atoms with Crippen LogP contribution in [0.25, 0.3) is 10.2 Å². The first-order chi connectivity index (χ1) is 15.3. The van der Waals surface area contributed by atoms with Crippen LogP contribution in [-0.2, 0) is 21.3 Å². The lowest BCUT2D eigenvalue weighted by atomic mass is 10.2. The van der Waals surface area contributed by atoms with E-state index in [0.29, 0.717) is 16.8 Å². The van der Waals surface area contributed by atoms with Gasteiger partial charge in [-0.2, -0.15) is 0 Å². The number of benzene rings is 3. The quantitative estimate of drug-likeness (QED) is 0.407. The molecule has 164 valence electrons. The van der Waals surface area contributed by atoms with E-state index in [2.05, 4.69) is 9.46 Å². The predicted octanol–water partition coefficient (Wildman–Crippen LogP) is 4.35. The van der Waals surface area contributed by atoms with Gasteiger partial charge < -0.3 is 4.74 Å². The number of methoxy groups -OCH3 is 1. The summed E-state index contributed by atoms with van der Waals surface area (Å²) in [5.74, 6) is -0.679. The lowest BCUT2D eigenvalue weighted by Gasteiger charge is -2.10. The van der Waals surface area contributed by atoms with Crippen molar-refractivity contribution in [3.05, 3.63) is 92.5 Å². The van der Waals surface area contributed by atoms with Gasteiger partial charge in [0.25, 0.3) is 10.0 Å². The molecule has 4 aromatic rings. The van der Waals surface area contributed by atoms with Gasteiger partial charge in [0.1, 0.15) is 0 Å². The van der Waals surface area contributed by atoms with Gasteiger partial charge in [-0.05, 0) is 42.0 Å². The van der Waals surface area contributed by atoms with E-state index in [-0.39, 0.29) is 26.0 Å². The highest BCUT2D eigenvalue weighted by molar-refractivity contribution is 7.92. The van der Waals surface area contributed by atoms with Crippen LogP contribution < -0.4 is 9.60 Å². The second kappa shape index (κ2) is 8.78. The number of aromatic nitrogens is 1. The Kier molecular flexibility index (Phi) is 6.05. The Hall–Kier alpha value is -3.14. The van der Waals surface area contributed by atoms with Crippen LogP contribution in [0.5, 0.6) is 0 Å². The van der Waals surface area contributed by atoms with Gasteiger partial charge in [-0.15, -0.1) is 0 Å². The van der Waals surface area contributed by atoms with Crippen LogP contribution in [0.3, 0.4) is 0 Å². The number of nitrogens with zero attached hydrogens (tertiary/aromatic N) is 1. The summed E-state index contributed by atoms with van der Waals surface area (Å²) in [5.41, 5.74) is 1.82. The van der Waals surface area contributed by atoms with E-state index in [4.69, 9.17) is 11.6 Å². The van der Waals surface area contributed by atoms with E-state index >= 15 is 0 Å². The summed E-state index contributed by atoms with van der Waals surface area (Å²) in [6.45, 7) is 0.394. The molecule has 0 unspecified atom stereocenters. The summed E-state index contributed by atoms with van der Waals surface area (Å²) >= 11 is 6.97. The Balaban J connectivity index is 1.66. The minimum Gasteiger partial charge on any atom is -0.465 e. The normalized spacial score (nSPS) is 11.4. The number of hydrogen-bond donors (Lipinski definition) is 1. The number of carbonyl (C=O) groups is 1. The zero-order chi connectivity index (χ0) is 22.9. The van der Waals surface area contributed by atoms with Crippen LogP contribution in [0.15, 0.2) is 76.4 Å². The average molecular weight is 489 g/mol. The third kappa shape index (κ3) is 4.40. The number of nitrogens with one attached hydrogen (secondary N) is 1. The molecule has 1 aromatic heterocycles. The maximum Gasteiger partial charge on any atom is 0.339 e. The van der Waals surface area contributed by atoms with Crippen LogP contribution in [-0.4, -0.2) is 26.1 Å². The number of thiazole rings is 1. The molecule has 0 radical (unpaired) electrons. The van der Waals surface area contributed by atoms with Crippen LogP contribution in [0, 0.1) is 0 Å². The highest BCUT2D eigenvalue weighted by atomic mass is 35.5. The molecule has 3 aromatic carbocycles. The van der Waals surface area contributed by atoms with Gasteiger partial charge in [-0.25, -0.2) is 13.2 Å². The lowest BCUT2D eigenvalue weighted by Crippen LogP contribution is -2.14. The fourth-order valence-electron chi connectivity index (χ4n) is 3.20. The van der Waals surface area contributed by atoms with Crippen LogP contribution in [0.2, 0.25) is 5.02 Å². The molecule has 4 rings (SSSR count). The number of halogens is 1. The molecule has 0 atom stereocenters. The van der Waals surface area contributed by atoms with E-state index in [1.165, 1.54) is 37.4 Å². The number of hydrogen-bond acceptors (Lipinski definition) is 6. The largest absolute Gasteiger partial charge is 0.465 e. The van der Waals surface area contributed by atoms with Gasteiger partial charge >= 0.3 is 10.8 Å². The lowest BCUT2D eigenvalue weighted by molar-refractivity contribution is 0.0601. The van der Waals surface area contributed by atoms with Crippen LogP contribution in [0.4, 0.5) is 5.69 Å². The minimum absolute atomic E-state index is 0.00678. The first kappa shape index (κ1) is 22.1. The van der Waals surface area contributed by atoms with E-state index in [1.807, 2.05) is 30.3 Å². The molecule has 0 bridgehead atoms. The summed E-state index contributed by atoms with van der Waals surface area (Å²) in [6.07, 6.45) is 0. The molecule has 0 saturated heterocycles. The smallest absolute Gasteiger partial charge is 0.339 e. The van der Waals surface area contributed by atoms with Crippen molar-refractivity contribution < 1.29 is 17.9 Å². The van der Waals surface area contributed by atoms with E-state index in [0.717, 1.165) is 16.9 Å². The fourth-order valence-corrected chi connectivity index (χ4v) is 5.47. The molecule has 0 aliphatic rings. The number of rotatable bonds is 6. The number of fused-ring (bicyclic) bond motifs is 1. The third-order valence-corrected chi connectivity index (χ3v) is 7.41. The zero-order valence-electron chi connectivity index (χ0n) is 16.7. The molecule has 1 N–H and O–H groups in total. The first-order valence-corrected chi connectivity index (χ1v) is 12.0. The van der Waals surface area contributed by atoms with Crippen molar-refractivity contribution in [3.8, 4) is 0 Å². The van der Waals surface area contributed by atoms with Gasteiger partial charge in [0.15, 0.2) is 0 Å². The summed E-state index contributed by atoms with van der Waals surface area (Å²) < 4.78 is 35.1. The fraction of sp³-hybridized carbons (Fsp3) is 0.0909. The molecular weight excluding hydrogens is 472 g/mol. The molecule has 0 aliphatic carbocycles. The number of ether oxygens (including phenoxy) is 1. The molecule has 0 saturated carbocycles. The Morgan fingerprint density at radius 1 is 1.09 bits per heavy atom. The van der Waals surface area contributed by atoms with Gasteiger partial charge in [0, 0.05) is 5.69 Å². The van der Waals surface area contributed by atoms with Crippen LogP contribution in [0.1, 0.15) is 15.9 Å². The Bertz CT molecular complexity index is 1480. The number of sulfonamides is 1. The summed E-state index contributed by atoms with van der Waals surface area (Å²) in [7, 11) is -2.77. The van der Waals surface area contributed by atoms with E-state index in [9.17, 15) is 18.0 Å². The summed E-state index contributed by atoms with van der Waals surface area (Å²) in [4.78, 5) is 24.2. The van der Waals surface area contributed by atoms with Crippen molar-refractivity contribution in [1.82, 2.24) is 4.57 Å². The molecule has 0 amide bonds. The van der Waals surface area contributed by atoms with Crippen molar-refractivity contribution in [2.75, 3.05) is 11.8 Å². The zero-order valence-corrected chi connectivity index (χ0v) is 19.1. The van der Waals surface area contributed by atoms with Crippen molar-refractivity contribution in [1.29, 1.82) is 0 Å². The number of esters is 1. The summed E-state index contributed by atoms with van der Waals surface area (Å²) in [5, 5.41) is 0.144. The Morgan fingerprint density at radius 2 is 1.84 bits per heavy atom. The van der Waals surface area contributed by atoms with Crippen molar-refractivity contribution in [2.45, 2.75) is 11.4 Å². The monoisotopic (exact) mass is 488 g/mol. The van der Waals surface area contributed by atoms with E-state index < -0.39 is 16.0 Å². The predicted molar refractivity (Wildman–Crippen MR) is 125 cm³/mol. The molecule has 0 aliphatic heterocycles. The molecule has 7 nitrogen and oxygen atoms in total. The van der Waals surface area contributed by atoms with Gasteiger partial charge in [-0.1, -0.05) is 53.3 Å². The van der Waals surface area contributed by atoms with Gasteiger partial charge in [-0.3, -0.25) is 14.1 Å². The highest BCUT2D eigenvalue weighted by Gasteiger charge is 2.19. The van der Waals surface area contributed by atoms with Gasteiger partial charge in [0.2, 0.25) is 0 Å². The molecular formula is C22H17ClN2O5S2. The maximum atomic E-state index is 12.9. The Morgan fingerprint density at radius 3 is 2.56 bits per heavy atom. The molecule has 0 fully saturated rings. The topological polar surface area (TPSA) is 94.5 Å². The maximum absolute atomic E-state index is 12.9. The summed E-state index contributed by atoms with van der Waals surface area (Å²) in [6, 6.07) is 18.2. The number of anilines is 1. The second-order valence-corrected chi connectivity index (χ2v) is 9.94. The van der Waals surface area contributed by atoms with Crippen molar-refractivity contribution >= 4 is 54.8 Å². The van der Waals surface area contributed by atoms with Crippen LogP contribution >= 0.6 is 22.9 Å². The SMILES string of the molecule is COC(=O)c1cc(NS(=O)(=O)c2ccc3c(c2)sc(=O)n3Cc2ccccc2)ccc1Cl. The molecule has 10 heteroatoms. The Labute approximate surface area is 192 Å². The molecule has 32 heavy (non-hydrogen) atoms. The van der Waals surface area contributed by atoms with E-state index in [1.54, 1.807) is 10.6 Å². The first-order valence-electron chi connectivity index (χ1n) is 9.36. The molecule has 0 spiro atoms. The number of carbonyl (C=O) groups excluding carboxylic acids is 1. The van der Waals surface area contributed by atoms with Gasteiger partial charge in [0.05, 0.1) is 39.4 Å². The minimum atomic E-state index is -3.98. The van der Waals surface area contributed by atoms with Crippen molar-refractivity contribution in [2.24, 2.45) is 0 Å². The average Bonchev–Trinajstić information content (AvgIpc) is 3.09. The standard InChI is InChI=1S/C22H17ClN2O5S2/c1-30-21(26)17-11-15(7-9-18(17)23)24-32(28,29)16-8-10-19-20(12-16)31-22(27)25(19)13-14-5-3-2-4-6-14/h2-12,24H,13H2,1H3. The highest BCUT2D eigenvalue weighted by Crippen LogP contribution is 2.26. The third-order valence-electron chi connectivity index (χ3n) is 4.76. The van der Waals surface area contributed by atoms with Crippen molar-refractivity contribution in [3.63, 3.8) is 0 Å².